The summed E-state index contributed by atoms with van der Waals surface area (Å²) in [5, 5.41) is 20.3. The van der Waals surface area contributed by atoms with E-state index < -0.39 is 11.0 Å². The van der Waals surface area contributed by atoms with E-state index in [-0.39, 0.29) is 11.8 Å². The van der Waals surface area contributed by atoms with Gasteiger partial charge in [0.25, 0.3) is 5.69 Å². The molecule has 0 aromatic heterocycles. The summed E-state index contributed by atoms with van der Waals surface area (Å²) in [6, 6.07) is 4.66. The number of aryl methyl sites for hydroxylation is 1. The van der Waals surface area contributed by atoms with Crippen molar-refractivity contribution in [2.24, 2.45) is 0 Å². The second-order valence-electron chi connectivity index (χ2n) is 4.36. The molecule has 1 aliphatic carbocycles. The van der Waals surface area contributed by atoms with Crippen molar-refractivity contribution < 1.29 is 14.8 Å². The summed E-state index contributed by atoms with van der Waals surface area (Å²) >= 11 is 0. The van der Waals surface area contributed by atoms with Gasteiger partial charge in [-0.25, -0.2) is 0 Å². The fourth-order valence-electron chi connectivity index (χ4n) is 2.12. The van der Waals surface area contributed by atoms with Crippen molar-refractivity contribution in [1.82, 2.24) is 0 Å². The van der Waals surface area contributed by atoms with Crippen molar-refractivity contribution in [2.75, 3.05) is 0 Å². The maximum atomic E-state index is 10.7. The number of hydrogen-bond acceptors (Lipinski definition) is 4. The third-order valence-electron chi connectivity index (χ3n) is 3.07. The average Bonchev–Trinajstić information content (AvgIpc) is 2.64. The molecule has 1 fully saturated rings. The van der Waals surface area contributed by atoms with E-state index in [4.69, 9.17) is 4.74 Å². The summed E-state index contributed by atoms with van der Waals surface area (Å²) in [5.41, 5.74) is 0.657. The molecule has 0 aliphatic heterocycles. The molecule has 1 aliphatic rings. The lowest BCUT2D eigenvalue weighted by Crippen LogP contribution is -2.25. The highest BCUT2D eigenvalue weighted by Crippen LogP contribution is 2.28. The predicted octanol–water partition coefficient (Wildman–Crippen LogP) is 2.20. The first-order chi connectivity index (χ1) is 8.08. The number of rotatable bonds is 3. The Morgan fingerprint density at radius 2 is 2.24 bits per heavy atom. The highest BCUT2D eigenvalue weighted by atomic mass is 16.6. The van der Waals surface area contributed by atoms with Crippen LogP contribution >= 0.6 is 0 Å². The lowest BCUT2D eigenvalue weighted by molar-refractivity contribution is -0.385. The van der Waals surface area contributed by atoms with Gasteiger partial charge in [-0.15, -0.1) is 0 Å². The molecule has 1 aromatic rings. The van der Waals surface area contributed by atoms with E-state index in [9.17, 15) is 15.2 Å². The lowest BCUT2D eigenvalue weighted by atomic mass is 10.2. The molecule has 2 rings (SSSR count). The van der Waals surface area contributed by atoms with Crippen LogP contribution in [0.1, 0.15) is 24.8 Å². The van der Waals surface area contributed by atoms with Gasteiger partial charge in [0.15, 0.2) is 0 Å². The zero-order valence-corrected chi connectivity index (χ0v) is 9.63. The fourth-order valence-corrected chi connectivity index (χ4v) is 2.12. The zero-order chi connectivity index (χ0) is 12.4. The van der Waals surface area contributed by atoms with Crippen molar-refractivity contribution in [3.63, 3.8) is 0 Å². The second kappa shape index (κ2) is 4.71. The van der Waals surface area contributed by atoms with Crippen LogP contribution in [0.3, 0.4) is 0 Å². The average molecular weight is 237 g/mol. The predicted molar refractivity (Wildman–Crippen MR) is 62.1 cm³/mol. The standard InChI is InChI=1S/C12H15NO4/c1-8-7-9(5-6-10(8)13(15)16)17-12-4-2-3-11(12)14/h5-7,11-12,14H,2-4H2,1H3/t11-,12-/m1/s1. The van der Waals surface area contributed by atoms with E-state index in [0.717, 1.165) is 19.3 Å². The molecule has 1 saturated carbocycles. The lowest BCUT2D eigenvalue weighted by Gasteiger charge is -2.17. The first kappa shape index (κ1) is 11.9. The van der Waals surface area contributed by atoms with Crippen molar-refractivity contribution in [1.29, 1.82) is 0 Å². The molecule has 0 unspecified atom stereocenters. The Labute approximate surface area is 99.2 Å². The van der Waals surface area contributed by atoms with Crippen molar-refractivity contribution in [2.45, 2.75) is 38.4 Å². The molecular weight excluding hydrogens is 222 g/mol. The first-order valence-electron chi connectivity index (χ1n) is 5.67. The minimum Gasteiger partial charge on any atom is -0.488 e. The molecule has 5 heteroatoms. The molecule has 0 radical (unpaired) electrons. The van der Waals surface area contributed by atoms with Crippen molar-refractivity contribution in [3.05, 3.63) is 33.9 Å². The minimum atomic E-state index is -0.425. The molecule has 0 saturated heterocycles. The molecule has 17 heavy (non-hydrogen) atoms. The second-order valence-corrected chi connectivity index (χ2v) is 4.36. The monoisotopic (exact) mass is 237 g/mol. The summed E-state index contributed by atoms with van der Waals surface area (Å²) in [6.45, 7) is 1.68. The number of nitrogens with zero attached hydrogens (tertiary/aromatic N) is 1. The van der Waals surface area contributed by atoms with Crippen LogP contribution in [0.15, 0.2) is 18.2 Å². The van der Waals surface area contributed by atoms with Gasteiger partial charge in [0, 0.05) is 11.6 Å². The number of benzene rings is 1. The highest BCUT2D eigenvalue weighted by Gasteiger charge is 2.27. The van der Waals surface area contributed by atoms with Crippen molar-refractivity contribution in [3.8, 4) is 5.75 Å². The third kappa shape index (κ3) is 2.55. The van der Waals surface area contributed by atoms with Crippen LogP contribution in [-0.4, -0.2) is 22.2 Å². The Balaban J connectivity index is 2.12. The van der Waals surface area contributed by atoms with Gasteiger partial charge < -0.3 is 9.84 Å². The van der Waals surface area contributed by atoms with Gasteiger partial charge >= 0.3 is 0 Å². The molecule has 5 nitrogen and oxygen atoms in total. The van der Waals surface area contributed by atoms with E-state index in [2.05, 4.69) is 0 Å². The summed E-state index contributed by atoms with van der Waals surface area (Å²) < 4.78 is 5.63. The van der Waals surface area contributed by atoms with Gasteiger partial charge in [0.05, 0.1) is 11.0 Å². The van der Waals surface area contributed by atoms with Gasteiger partial charge in [-0.3, -0.25) is 10.1 Å². The molecule has 0 bridgehead atoms. The maximum absolute atomic E-state index is 10.7. The SMILES string of the molecule is Cc1cc(O[C@@H]2CCC[C@H]2O)ccc1[N+](=O)[O-]. The topological polar surface area (TPSA) is 72.6 Å². The molecule has 92 valence electrons. The van der Waals surface area contributed by atoms with E-state index >= 15 is 0 Å². The normalized spacial score (nSPS) is 23.6. The van der Waals surface area contributed by atoms with Crippen LogP contribution in [0.5, 0.6) is 5.75 Å². The van der Waals surface area contributed by atoms with Crippen LogP contribution in [0.4, 0.5) is 5.69 Å². The molecule has 0 amide bonds. The summed E-state index contributed by atoms with van der Waals surface area (Å²) in [4.78, 5) is 10.2. The number of nitro groups is 1. The molecule has 1 aromatic carbocycles. The van der Waals surface area contributed by atoms with E-state index in [1.165, 1.54) is 6.07 Å². The first-order valence-corrected chi connectivity index (χ1v) is 5.67. The quantitative estimate of drug-likeness (QED) is 0.646. The van der Waals surface area contributed by atoms with Crippen LogP contribution in [-0.2, 0) is 0 Å². The molecule has 2 atom stereocenters. The van der Waals surface area contributed by atoms with Gasteiger partial charge in [-0.05, 0) is 38.3 Å². The molecule has 0 spiro atoms. The Morgan fingerprint density at radius 1 is 1.47 bits per heavy atom. The highest BCUT2D eigenvalue weighted by molar-refractivity contribution is 5.44. The largest absolute Gasteiger partial charge is 0.488 e. The van der Waals surface area contributed by atoms with Crippen LogP contribution in [0, 0.1) is 17.0 Å². The number of nitro benzene ring substituents is 1. The van der Waals surface area contributed by atoms with Gasteiger partial charge in [-0.1, -0.05) is 0 Å². The Bertz CT molecular complexity index is 433. The molecule has 0 heterocycles. The smallest absolute Gasteiger partial charge is 0.272 e. The zero-order valence-electron chi connectivity index (χ0n) is 9.63. The van der Waals surface area contributed by atoms with Crippen LogP contribution < -0.4 is 4.74 Å². The van der Waals surface area contributed by atoms with Gasteiger partial charge in [0.1, 0.15) is 11.9 Å². The fraction of sp³-hybridized carbons (Fsp3) is 0.500. The van der Waals surface area contributed by atoms with E-state index in [1.54, 1.807) is 19.1 Å². The van der Waals surface area contributed by atoms with E-state index in [1.807, 2.05) is 0 Å². The Hall–Kier alpha value is -1.62. The number of aliphatic hydroxyl groups is 1. The maximum Gasteiger partial charge on any atom is 0.272 e. The molecule has 1 N–H and O–H groups in total. The molecular formula is C12H15NO4. The summed E-state index contributed by atoms with van der Waals surface area (Å²) in [6.07, 6.45) is 1.94. The Kier molecular flexibility index (Phi) is 3.28. The van der Waals surface area contributed by atoms with Gasteiger partial charge in [0.2, 0.25) is 0 Å². The summed E-state index contributed by atoms with van der Waals surface area (Å²) in [7, 11) is 0. The van der Waals surface area contributed by atoms with Crippen LogP contribution in [0.25, 0.3) is 0 Å². The Morgan fingerprint density at radius 3 is 2.76 bits per heavy atom. The van der Waals surface area contributed by atoms with Crippen LogP contribution in [0.2, 0.25) is 0 Å². The summed E-state index contributed by atoms with van der Waals surface area (Å²) in [5.74, 6) is 0.582. The number of hydrogen-bond donors (Lipinski definition) is 1. The number of ether oxygens (including phenoxy) is 1. The van der Waals surface area contributed by atoms with Gasteiger partial charge in [-0.2, -0.15) is 0 Å². The van der Waals surface area contributed by atoms with Crippen molar-refractivity contribution >= 4 is 5.69 Å². The number of aliphatic hydroxyl groups excluding tert-OH is 1. The third-order valence-corrected chi connectivity index (χ3v) is 3.07. The van der Waals surface area contributed by atoms with E-state index in [0.29, 0.717) is 11.3 Å². The minimum absolute atomic E-state index is 0.0873.